The molecule has 0 fully saturated rings. The molecule has 0 spiro atoms. The van der Waals surface area contributed by atoms with Crippen LogP contribution >= 0.6 is 27.5 Å². The number of nitrogens with zero attached hydrogens (tertiary/aromatic N) is 1. The molecular formula is C20H16BrClN2O4. The molecule has 2 amide bonds. The Morgan fingerprint density at radius 2 is 1.89 bits per heavy atom. The molecule has 0 unspecified atom stereocenters. The maximum absolute atomic E-state index is 12.4. The third kappa shape index (κ3) is 4.43. The van der Waals surface area contributed by atoms with Crippen LogP contribution in [0.2, 0.25) is 5.02 Å². The average Bonchev–Trinajstić information content (AvgIpc) is 2.91. The number of fused-ring (bicyclic) bond motifs is 1. The highest BCUT2D eigenvalue weighted by atomic mass is 79.9. The molecule has 6 nitrogen and oxygen atoms in total. The van der Waals surface area contributed by atoms with Crippen LogP contribution in [0.1, 0.15) is 22.3 Å². The first-order valence-electron chi connectivity index (χ1n) is 8.37. The van der Waals surface area contributed by atoms with Gasteiger partial charge in [-0.15, -0.1) is 0 Å². The van der Waals surface area contributed by atoms with Crippen molar-refractivity contribution in [2.75, 3.05) is 18.5 Å². The number of hydrogen-bond acceptors (Lipinski definition) is 4. The highest BCUT2D eigenvalue weighted by Crippen LogP contribution is 2.31. The van der Waals surface area contributed by atoms with Gasteiger partial charge in [0.05, 0.1) is 17.1 Å². The summed E-state index contributed by atoms with van der Waals surface area (Å²) in [4.78, 5) is 37.7. The lowest BCUT2D eigenvalue weighted by Gasteiger charge is -2.16. The van der Waals surface area contributed by atoms with Gasteiger partial charge in [0, 0.05) is 27.8 Å². The van der Waals surface area contributed by atoms with E-state index in [4.69, 9.17) is 16.3 Å². The lowest BCUT2D eigenvalue weighted by Crippen LogP contribution is -2.27. The molecule has 28 heavy (non-hydrogen) atoms. The standard InChI is InChI=1S/C20H16BrClN2O4/c1-12-14-4-2-3-5-15(14)20(27)24(12)9-8-19(26)28-11-18(25)23-17-7-6-13(21)10-16(17)22/h2-7,10H,1,8-9,11H2,(H,23,25). The van der Waals surface area contributed by atoms with E-state index in [1.165, 1.54) is 4.90 Å². The Hall–Kier alpha value is -2.64. The minimum atomic E-state index is -0.589. The fraction of sp³-hybridized carbons (Fsp3) is 0.150. The molecule has 3 rings (SSSR count). The second-order valence-electron chi connectivity index (χ2n) is 6.03. The van der Waals surface area contributed by atoms with Gasteiger partial charge in [-0.2, -0.15) is 0 Å². The predicted molar refractivity (Wildman–Crippen MR) is 110 cm³/mol. The summed E-state index contributed by atoms with van der Waals surface area (Å²) in [5, 5.41) is 2.93. The lowest BCUT2D eigenvalue weighted by atomic mass is 10.1. The van der Waals surface area contributed by atoms with Crippen LogP contribution in [0.4, 0.5) is 5.69 Å². The first kappa shape index (κ1) is 20.1. The summed E-state index contributed by atoms with van der Waals surface area (Å²) < 4.78 is 5.76. The van der Waals surface area contributed by atoms with E-state index in [0.717, 1.165) is 10.0 Å². The van der Waals surface area contributed by atoms with Crippen molar-refractivity contribution in [1.29, 1.82) is 0 Å². The van der Waals surface area contributed by atoms with Crippen molar-refractivity contribution < 1.29 is 19.1 Å². The number of carbonyl (C=O) groups excluding carboxylic acids is 3. The number of nitrogens with one attached hydrogen (secondary N) is 1. The van der Waals surface area contributed by atoms with E-state index in [-0.39, 0.29) is 18.9 Å². The van der Waals surface area contributed by atoms with Crippen LogP contribution in [-0.4, -0.2) is 35.8 Å². The quantitative estimate of drug-likeness (QED) is 0.655. The van der Waals surface area contributed by atoms with Gasteiger partial charge >= 0.3 is 5.97 Å². The van der Waals surface area contributed by atoms with Crippen molar-refractivity contribution in [1.82, 2.24) is 4.90 Å². The van der Waals surface area contributed by atoms with Crippen molar-refractivity contribution in [2.45, 2.75) is 6.42 Å². The van der Waals surface area contributed by atoms with Crippen LogP contribution in [0.15, 0.2) is 53.5 Å². The molecule has 1 aliphatic rings. The van der Waals surface area contributed by atoms with Crippen LogP contribution in [0.5, 0.6) is 0 Å². The molecule has 0 atom stereocenters. The van der Waals surface area contributed by atoms with Gasteiger partial charge in [0.15, 0.2) is 6.61 Å². The number of halogens is 2. The Labute approximate surface area is 175 Å². The number of amides is 2. The SMILES string of the molecule is C=C1c2ccccc2C(=O)N1CCC(=O)OCC(=O)Nc1ccc(Br)cc1Cl. The van der Waals surface area contributed by atoms with Crippen LogP contribution in [-0.2, 0) is 14.3 Å². The Morgan fingerprint density at radius 3 is 2.57 bits per heavy atom. The maximum Gasteiger partial charge on any atom is 0.308 e. The van der Waals surface area contributed by atoms with E-state index in [2.05, 4.69) is 27.8 Å². The summed E-state index contributed by atoms with van der Waals surface area (Å²) in [7, 11) is 0. The molecule has 0 aromatic heterocycles. The van der Waals surface area contributed by atoms with Crippen molar-refractivity contribution in [3.8, 4) is 0 Å². The van der Waals surface area contributed by atoms with E-state index in [0.29, 0.717) is 22.0 Å². The van der Waals surface area contributed by atoms with Crippen molar-refractivity contribution in [2.24, 2.45) is 0 Å². The molecule has 1 N–H and O–H groups in total. The molecule has 0 radical (unpaired) electrons. The van der Waals surface area contributed by atoms with Crippen molar-refractivity contribution in [3.63, 3.8) is 0 Å². The van der Waals surface area contributed by atoms with Gasteiger partial charge in [0.2, 0.25) is 0 Å². The van der Waals surface area contributed by atoms with Crippen LogP contribution in [0.25, 0.3) is 5.70 Å². The number of ether oxygens (including phenoxy) is 1. The number of esters is 1. The normalized spacial score (nSPS) is 12.7. The van der Waals surface area contributed by atoms with Gasteiger partial charge in [-0.3, -0.25) is 14.4 Å². The second-order valence-corrected chi connectivity index (χ2v) is 7.35. The van der Waals surface area contributed by atoms with E-state index in [1.807, 2.05) is 12.1 Å². The highest BCUT2D eigenvalue weighted by Gasteiger charge is 2.30. The van der Waals surface area contributed by atoms with Crippen LogP contribution < -0.4 is 5.32 Å². The summed E-state index contributed by atoms with van der Waals surface area (Å²) in [5.41, 5.74) is 2.29. The highest BCUT2D eigenvalue weighted by molar-refractivity contribution is 9.10. The summed E-state index contributed by atoms with van der Waals surface area (Å²) in [6.07, 6.45) is -0.0505. The molecular weight excluding hydrogens is 448 g/mol. The first-order valence-corrected chi connectivity index (χ1v) is 9.54. The maximum atomic E-state index is 12.4. The fourth-order valence-electron chi connectivity index (χ4n) is 2.77. The van der Waals surface area contributed by atoms with Gasteiger partial charge in [0.25, 0.3) is 11.8 Å². The number of anilines is 1. The van der Waals surface area contributed by atoms with Crippen LogP contribution in [0, 0.1) is 0 Å². The third-order valence-corrected chi connectivity index (χ3v) is 4.95. The number of carbonyl (C=O) groups is 3. The summed E-state index contributed by atoms with van der Waals surface area (Å²) >= 11 is 9.30. The van der Waals surface area contributed by atoms with Crippen LogP contribution in [0.3, 0.4) is 0 Å². The number of rotatable bonds is 6. The van der Waals surface area contributed by atoms with E-state index < -0.39 is 18.5 Å². The van der Waals surface area contributed by atoms with E-state index in [9.17, 15) is 14.4 Å². The zero-order valence-corrected chi connectivity index (χ0v) is 17.0. The largest absolute Gasteiger partial charge is 0.456 e. The molecule has 2 aromatic rings. The molecule has 2 aromatic carbocycles. The zero-order chi connectivity index (χ0) is 20.3. The molecule has 0 saturated carbocycles. The third-order valence-electron chi connectivity index (χ3n) is 4.15. The molecule has 0 aliphatic carbocycles. The summed E-state index contributed by atoms with van der Waals surface area (Å²) in [6.45, 7) is 3.60. The minimum absolute atomic E-state index is 0.0505. The molecule has 8 heteroatoms. The fourth-order valence-corrected chi connectivity index (χ4v) is 3.49. The summed E-state index contributed by atoms with van der Waals surface area (Å²) in [5.74, 6) is -1.30. The van der Waals surface area contributed by atoms with Gasteiger partial charge in [-0.1, -0.05) is 52.3 Å². The van der Waals surface area contributed by atoms with Crippen molar-refractivity contribution in [3.05, 3.63) is 69.7 Å². The van der Waals surface area contributed by atoms with Crippen molar-refractivity contribution >= 4 is 56.7 Å². The summed E-state index contributed by atoms with van der Waals surface area (Å²) in [6, 6.07) is 12.1. The number of hydrogen-bond donors (Lipinski definition) is 1. The second kappa shape index (κ2) is 8.58. The predicted octanol–water partition coefficient (Wildman–Crippen LogP) is 4.10. The topological polar surface area (TPSA) is 75.7 Å². The Morgan fingerprint density at radius 1 is 1.18 bits per heavy atom. The molecule has 0 bridgehead atoms. The molecule has 1 aliphatic heterocycles. The molecule has 1 heterocycles. The first-order chi connectivity index (χ1) is 13.4. The monoisotopic (exact) mass is 462 g/mol. The van der Waals surface area contributed by atoms with E-state index in [1.54, 1.807) is 30.3 Å². The average molecular weight is 464 g/mol. The van der Waals surface area contributed by atoms with Gasteiger partial charge in [-0.05, 0) is 24.3 Å². The molecule has 0 saturated heterocycles. The Bertz CT molecular complexity index is 941. The number of benzene rings is 2. The smallest absolute Gasteiger partial charge is 0.308 e. The van der Waals surface area contributed by atoms with E-state index >= 15 is 0 Å². The Balaban J connectivity index is 1.47. The molecule has 144 valence electrons. The van der Waals surface area contributed by atoms with Gasteiger partial charge < -0.3 is 15.0 Å². The Kier molecular flexibility index (Phi) is 6.16. The lowest BCUT2D eigenvalue weighted by molar-refractivity contribution is -0.147. The van der Waals surface area contributed by atoms with Gasteiger partial charge in [0.1, 0.15) is 0 Å². The minimum Gasteiger partial charge on any atom is -0.456 e. The zero-order valence-electron chi connectivity index (χ0n) is 14.7. The van der Waals surface area contributed by atoms with Gasteiger partial charge in [-0.25, -0.2) is 0 Å².